The van der Waals surface area contributed by atoms with Crippen LogP contribution >= 0.6 is 11.6 Å². The molecule has 1 heterocycles. The Balaban J connectivity index is 1.52. The first-order valence-electron chi connectivity index (χ1n) is 9.28. The van der Waals surface area contributed by atoms with E-state index in [0.717, 1.165) is 11.6 Å². The van der Waals surface area contributed by atoms with Crippen LogP contribution in [0.25, 0.3) is 0 Å². The molecule has 2 aromatic carbocycles. The molecular formula is C20H23ClFN3O3S. The van der Waals surface area contributed by atoms with Crippen LogP contribution in [0.1, 0.15) is 18.5 Å². The Bertz CT molecular complexity index is 978. The van der Waals surface area contributed by atoms with Gasteiger partial charge in [0, 0.05) is 31.2 Å². The number of nitrogens with zero attached hydrogens (tertiary/aromatic N) is 2. The number of hydrogen-bond donors (Lipinski definition) is 1. The van der Waals surface area contributed by atoms with Gasteiger partial charge in [-0.3, -0.25) is 9.69 Å². The summed E-state index contributed by atoms with van der Waals surface area (Å²) in [5.74, 6) is -0.728. The van der Waals surface area contributed by atoms with Crippen molar-refractivity contribution in [1.29, 1.82) is 0 Å². The maximum atomic E-state index is 13.4. The van der Waals surface area contributed by atoms with Gasteiger partial charge in [-0.25, -0.2) is 12.8 Å². The van der Waals surface area contributed by atoms with Crippen LogP contribution in [0, 0.1) is 5.82 Å². The first kappa shape index (κ1) is 21.7. The van der Waals surface area contributed by atoms with E-state index < -0.39 is 15.8 Å². The number of halogens is 2. The largest absolute Gasteiger partial charge is 0.348 e. The summed E-state index contributed by atoms with van der Waals surface area (Å²) in [5, 5.41) is 3.54. The zero-order valence-electron chi connectivity index (χ0n) is 16.0. The van der Waals surface area contributed by atoms with E-state index in [1.807, 2.05) is 30.0 Å². The topological polar surface area (TPSA) is 69.7 Å². The average molecular weight is 440 g/mol. The van der Waals surface area contributed by atoms with Gasteiger partial charge < -0.3 is 5.32 Å². The Kier molecular flexibility index (Phi) is 6.89. The van der Waals surface area contributed by atoms with Crippen molar-refractivity contribution < 1.29 is 17.6 Å². The van der Waals surface area contributed by atoms with Gasteiger partial charge in [-0.1, -0.05) is 29.8 Å². The molecule has 9 heteroatoms. The van der Waals surface area contributed by atoms with Crippen molar-refractivity contribution in [2.75, 3.05) is 32.7 Å². The number of benzene rings is 2. The highest BCUT2D eigenvalue weighted by molar-refractivity contribution is 7.89. The van der Waals surface area contributed by atoms with Crippen LogP contribution in [0.5, 0.6) is 0 Å². The van der Waals surface area contributed by atoms with E-state index in [9.17, 15) is 17.6 Å². The molecule has 1 aliphatic rings. The Morgan fingerprint density at radius 3 is 2.48 bits per heavy atom. The number of amides is 1. The summed E-state index contributed by atoms with van der Waals surface area (Å²) in [7, 11) is -3.74. The Hall–Kier alpha value is -2.00. The molecule has 0 bridgehead atoms. The van der Waals surface area contributed by atoms with Crippen molar-refractivity contribution >= 4 is 27.5 Å². The molecule has 156 valence electrons. The summed E-state index contributed by atoms with van der Waals surface area (Å²) in [5.41, 5.74) is 0.914. The maximum Gasteiger partial charge on any atom is 0.243 e. The molecule has 2 aromatic rings. The molecule has 0 spiro atoms. The standard InChI is InChI=1S/C20H23ClFN3O3S/c1-15(16-4-2-5-17(21)12-16)23-20(26)14-24-8-10-25(11-9-24)29(27,28)19-7-3-6-18(22)13-19/h2-7,12-13,15H,8-11,14H2,1H3,(H,23,26)/t15-/m1/s1. The van der Waals surface area contributed by atoms with Crippen LogP contribution in [-0.4, -0.2) is 56.3 Å². The van der Waals surface area contributed by atoms with E-state index in [2.05, 4.69) is 5.32 Å². The lowest BCUT2D eigenvalue weighted by Gasteiger charge is -2.33. The zero-order chi connectivity index (χ0) is 21.0. The summed E-state index contributed by atoms with van der Waals surface area (Å²) >= 11 is 5.99. The number of rotatable bonds is 6. The normalized spacial score (nSPS) is 17.1. The van der Waals surface area contributed by atoms with E-state index in [1.165, 1.54) is 22.5 Å². The predicted octanol–water partition coefficient (Wildman–Crippen LogP) is 2.66. The number of nitrogens with one attached hydrogen (secondary N) is 1. The van der Waals surface area contributed by atoms with E-state index in [4.69, 9.17) is 11.6 Å². The first-order valence-corrected chi connectivity index (χ1v) is 11.1. The number of carbonyl (C=O) groups is 1. The first-order chi connectivity index (χ1) is 13.8. The average Bonchev–Trinajstić information content (AvgIpc) is 2.68. The van der Waals surface area contributed by atoms with Gasteiger partial charge in [-0.15, -0.1) is 0 Å². The van der Waals surface area contributed by atoms with Gasteiger partial charge in [0.15, 0.2) is 0 Å². The lowest BCUT2D eigenvalue weighted by atomic mass is 10.1. The molecule has 0 radical (unpaired) electrons. The van der Waals surface area contributed by atoms with Gasteiger partial charge >= 0.3 is 0 Å². The summed E-state index contributed by atoms with van der Waals surface area (Å²) in [6.45, 7) is 3.40. The fourth-order valence-electron chi connectivity index (χ4n) is 3.25. The van der Waals surface area contributed by atoms with Gasteiger partial charge in [-0.05, 0) is 42.8 Å². The molecule has 1 fully saturated rings. The summed E-state index contributed by atoms with van der Waals surface area (Å²) in [4.78, 5) is 14.2. The molecule has 1 aliphatic heterocycles. The van der Waals surface area contributed by atoms with E-state index in [1.54, 1.807) is 6.07 Å². The minimum absolute atomic E-state index is 0.0564. The summed E-state index contributed by atoms with van der Waals surface area (Å²) in [6, 6.07) is 12.1. The molecule has 3 rings (SSSR count). The number of carbonyl (C=O) groups excluding carboxylic acids is 1. The Morgan fingerprint density at radius 2 is 1.83 bits per heavy atom. The minimum atomic E-state index is -3.74. The molecule has 0 aliphatic carbocycles. The Morgan fingerprint density at radius 1 is 1.14 bits per heavy atom. The van der Waals surface area contributed by atoms with Crippen LogP contribution in [0.3, 0.4) is 0 Å². The number of piperazine rings is 1. The van der Waals surface area contributed by atoms with Crippen molar-refractivity contribution in [3.05, 3.63) is 64.9 Å². The molecule has 0 unspecified atom stereocenters. The van der Waals surface area contributed by atoms with Crippen molar-refractivity contribution in [1.82, 2.24) is 14.5 Å². The molecule has 1 atom stereocenters. The van der Waals surface area contributed by atoms with E-state index in [-0.39, 0.29) is 36.5 Å². The second-order valence-electron chi connectivity index (χ2n) is 6.98. The fourth-order valence-corrected chi connectivity index (χ4v) is 4.91. The van der Waals surface area contributed by atoms with E-state index >= 15 is 0 Å². The smallest absolute Gasteiger partial charge is 0.243 e. The highest BCUT2D eigenvalue weighted by Gasteiger charge is 2.29. The van der Waals surface area contributed by atoms with Crippen molar-refractivity contribution in [2.24, 2.45) is 0 Å². The molecule has 29 heavy (non-hydrogen) atoms. The number of sulfonamides is 1. The molecule has 1 saturated heterocycles. The minimum Gasteiger partial charge on any atom is -0.348 e. The van der Waals surface area contributed by atoms with Gasteiger partial charge in [0.2, 0.25) is 15.9 Å². The summed E-state index contributed by atoms with van der Waals surface area (Å²) in [6.07, 6.45) is 0. The highest BCUT2D eigenvalue weighted by atomic mass is 35.5. The van der Waals surface area contributed by atoms with Gasteiger partial charge in [0.1, 0.15) is 5.82 Å². The number of hydrogen-bond acceptors (Lipinski definition) is 4. The van der Waals surface area contributed by atoms with Gasteiger partial charge in [0.25, 0.3) is 0 Å². The van der Waals surface area contributed by atoms with Crippen molar-refractivity contribution in [3.8, 4) is 0 Å². The van der Waals surface area contributed by atoms with Crippen LogP contribution < -0.4 is 5.32 Å². The molecular weight excluding hydrogens is 417 g/mol. The second-order valence-corrected chi connectivity index (χ2v) is 9.36. The van der Waals surface area contributed by atoms with Crippen LogP contribution in [0.15, 0.2) is 53.4 Å². The third-order valence-electron chi connectivity index (χ3n) is 4.86. The van der Waals surface area contributed by atoms with Crippen molar-refractivity contribution in [3.63, 3.8) is 0 Å². The monoisotopic (exact) mass is 439 g/mol. The van der Waals surface area contributed by atoms with Crippen molar-refractivity contribution in [2.45, 2.75) is 17.9 Å². The molecule has 0 saturated carbocycles. The Labute approximate surface area is 175 Å². The van der Waals surface area contributed by atoms with Crippen LogP contribution in [0.2, 0.25) is 5.02 Å². The zero-order valence-corrected chi connectivity index (χ0v) is 17.6. The quantitative estimate of drug-likeness (QED) is 0.751. The van der Waals surface area contributed by atoms with Crippen LogP contribution in [0.4, 0.5) is 4.39 Å². The summed E-state index contributed by atoms with van der Waals surface area (Å²) < 4.78 is 40.0. The van der Waals surface area contributed by atoms with Crippen LogP contribution in [-0.2, 0) is 14.8 Å². The fraction of sp³-hybridized carbons (Fsp3) is 0.350. The molecule has 0 aromatic heterocycles. The van der Waals surface area contributed by atoms with E-state index in [0.29, 0.717) is 18.1 Å². The van der Waals surface area contributed by atoms with Gasteiger partial charge in [-0.2, -0.15) is 4.31 Å². The second kappa shape index (κ2) is 9.21. The van der Waals surface area contributed by atoms with Gasteiger partial charge in [0.05, 0.1) is 17.5 Å². The SMILES string of the molecule is C[C@@H](NC(=O)CN1CCN(S(=O)(=O)c2cccc(F)c2)CC1)c1cccc(Cl)c1. The lowest BCUT2D eigenvalue weighted by Crippen LogP contribution is -2.51. The highest BCUT2D eigenvalue weighted by Crippen LogP contribution is 2.19. The third-order valence-corrected chi connectivity index (χ3v) is 6.99. The third kappa shape index (κ3) is 5.54. The predicted molar refractivity (Wildman–Crippen MR) is 110 cm³/mol. The molecule has 6 nitrogen and oxygen atoms in total. The maximum absolute atomic E-state index is 13.4. The molecule has 1 amide bonds. The molecule has 1 N–H and O–H groups in total. The lowest BCUT2D eigenvalue weighted by molar-refractivity contribution is -0.123.